The minimum absolute atomic E-state index is 0.0773. The van der Waals surface area contributed by atoms with Gasteiger partial charge in [-0.05, 0) is 24.1 Å². The maximum atomic E-state index is 13.1. The number of aromatic nitrogens is 4. The number of aromatic amines is 1. The van der Waals surface area contributed by atoms with Crippen molar-refractivity contribution in [3.05, 3.63) is 52.2 Å². The predicted molar refractivity (Wildman–Crippen MR) is 93.5 cm³/mol. The molecule has 0 aliphatic heterocycles. The fourth-order valence-corrected chi connectivity index (χ4v) is 3.09. The fourth-order valence-electron chi connectivity index (χ4n) is 2.34. The van der Waals surface area contributed by atoms with Crippen LogP contribution in [0.25, 0.3) is 5.78 Å². The van der Waals surface area contributed by atoms with Crippen molar-refractivity contribution in [1.29, 1.82) is 0 Å². The van der Waals surface area contributed by atoms with Crippen molar-refractivity contribution >= 4 is 29.1 Å². The zero-order valence-corrected chi connectivity index (χ0v) is 14.4. The molecule has 0 bridgehead atoms. The highest BCUT2D eigenvalue weighted by Gasteiger charge is 2.15. The largest absolute Gasteiger partial charge is 0.325 e. The Kier molecular flexibility index (Phi) is 4.84. The molecule has 1 aromatic carbocycles. The number of anilines is 1. The van der Waals surface area contributed by atoms with Gasteiger partial charge < -0.3 is 5.32 Å². The number of nitrogens with zero attached hydrogens (tertiary/aromatic N) is 3. The van der Waals surface area contributed by atoms with Crippen LogP contribution in [0.3, 0.4) is 0 Å². The normalized spacial score (nSPS) is 11.2. The number of thioether (sulfide) groups is 1. The Bertz CT molecular complexity index is 982. The van der Waals surface area contributed by atoms with Crippen LogP contribution in [0.1, 0.15) is 25.5 Å². The van der Waals surface area contributed by atoms with Crippen LogP contribution in [0, 0.1) is 5.82 Å². The standard InChI is InChI=1S/C16H16FN5O2S/c1-9(2)12-7-13(23)19-15-20-21-16(22(12)15)25-8-14(24)18-11-5-3-4-10(17)6-11/h3-7,9H,8H2,1-2H3,(H,18,24)(H,19,20,23). The zero-order chi connectivity index (χ0) is 18.0. The summed E-state index contributed by atoms with van der Waals surface area (Å²) in [6.45, 7) is 3.92. The summed E-state index contributed by atoms with van der Waals surface area (Å²) in [5.74, 6) is -0.207. The van der Waals surface area contributed by atoms with Crippen molar-refractivity contribution in [3.63, 3.8) is 0 Å². The minimum atomic E-state index is -0.417. The van der Waals surface area contributed by atoms with Gasteiger partial charge in [-0.1, -0.05) is 31.7 Å². The highest BCUT2D eigenvalue weighted by molar-refractivity contribution is 7.99. The molecule has 0 atom stereocenters. The van der Waals surface area contributed by atoms with E-state index in [2.05, 4.69) is 20.5 Å². The van der Waals surface area contributed by atoms with E-state index in [1.165, 1.54) is 36.0 Å². The molecule has 0 saturated carbocycles. The third-order valence-electron chi connectivity index (χ3n) is 3.44. The summed E-state index contributed by atoms with van der Waals surface area (Å²) in [5.41, 5.74) is 0.907. The Morgan fingerprint density at radius 1 is 1.36 bits per heavy atom. The molecule has 2 N–H and O–H groups in total. The Balaban J connectivity index is 1.77. The number of nitrogens with one attached hydrogen (secondary N) is 2. The smallest absolute Gasteiger partial charge is 0.252 e. The SMILES string of the molecule is CC(C)c1cc(=O)[nH]c2nnc(SCC(=O)Nc3cccc(F)c3)n12. The summed E-state index contributed by atoms with van der Waals surface area (Å²) in [7, 11) is 0. The molecule has 1 amide bonds. The summed E-state index contributed by atoms with van der Waals surface area (Å²) in [6.07, 6.45) is 0. The quantitative estimate of drug-likeness (QED) is 0.681. The van der Waals surface area contributed by atoms with E-state index in [4.69, 9.17) is 0 Å². The molecule has 0 radical (unpaired) electrons. The number of carbonyl (C=O) groups excluding carboxylic acids is 1. The number of carbonyl (C=O) groups is 1. The van der Waals surface area contributed by atoms with E-state index in [-0.39, 0.29) is 23.1 Å². The third kappa shape index (κ3) is 3.87. The van der Waals surface area contributed by atoms with Gasteiger partial charge >= 0.3 is 0 Å². The maximum Gasteiger partial charge on any atom is 0.252 e. The van der Waals surface area contributed by atoms with Crippen molar-refractivity contribution in [2.45, 2.75) is 24.9 Å². The fraction of sp³-hybridized carbons (Fsp3) is 0.250. The first kappa shape index (κ1) is 17.2. The number of H-pyrrole nitrogens is 1. The van der Waals surface area contributed by atoms with Crippen LogP contribution in [-0.2, 0) is 4.79 Å². The molecule has 9 heteroatoms. The predicted octanol–water partition coefficient (Wildman–Crippen LogP) is 2.41. The van der Waals surface area contributed by atoms with Crippen LogP contribution in [0.2, 0.25) is 0 Å². The summed E-state index contributed by atoms with van der Waals surface area (Å²) in [4.78, 5) is 26.4. The van der Waals surface area contributed by atoms with E-state index in [9.17, 15) is 14.0 Å². The van der Waals surface area contributed by atoms with Crippen molar-refractivity contribution in [3.8, 4) is 0 Å². The van der Waals surface area contributed by atoms with Gasteiger partial charge in [0.2, 0.25) is 11.7 Å². The topological polar surface area (TPSA) is 92.2 Å². The van der Waals surface area contributed by atoms with Crippen LogP contribution < -0.4 is 10.9 Å². The van der Waals surface area contributed by atoms with Gasteiger partial charge in [-0.3, -0.25) is 19.0 Å². The molecule has 0 aliphatic carbocycles. The molecule has 0 unspecified atom stereocenters. The monoisotopic (exact) mass is 361 g/mol. The average Bonchev–Trinajstić information content (AvgIpc) is 2.94. The van der Waals surface area contributed by atoms with Gasteiger partial charge in [0.15, 0.2) is 5.16 Å². The van der Waals surface area contributed by atoms with E-state index < -0.39 is 5.82 Å². The molecule has 0 fully saturated rings. The van der Waals surface area contributed by atoms with E-state index in [0.29, 0.717) is 16.6 Å². The van der Waals surface area contributed by atoms with Crippen molar-refractivity contribution in [2.24, 2.45) is 0 Å². The van der Waals surface area contributed by atoms with Gasteiger partial charge in [-0.2, -0.15) is 0 Å². The molecule has 25 heavy (non-hydrogen) atoms. The molecule has 0 saturated heterocycles. The third-order valence-corrected chi connectivity index (χ3v) is 4.37. The lowest BCUT2D eigenvalue weighted by Crippen LogP contribution is -2.15. The molecule has 2 aromatic heterocycles. The lowest BCUT2D eigenvalue weighted by molar-refractivity contribution is -0.113. The first-order chi connectivity index (χ1) is 11.9. The first-order valence-corrected chi connectivity index (χ1v) is 8.59. The zero-order valence-electron chi connectivity index (χ0n) is 13.6. The summed E-state index contributed by atoms with van der Waals surface area (Å²) >= 11 is 1.19. The molecule has 7 nitrogen and oxygen atoms in total. The molecule has 0 aliphatic rings. The van der Waals surface area contributed by atoms with Gasteiger partial charge in [-0.25, -0.2) is 4.39 Å². The number of fused-ring (bicyclic) bond motifs is 1. The second-order valence-corrected chi connectivity index (χ2v) is 6.64. The highest BCUT2D eigenvalue weighted by atomic mass is 32.2. The molecule has 2 heterocycles. The Hall–Kier alpha value is -2.68. The number of rotatable bonds is 5. The van der Waals surface area contributed by atoms with Crippen molar-refractivity contribution in [1.82, 2.24) is 19.6 Å². The van der Waals surface area contributed by atoms with Gasteiger partial charge in [0.25, 0.3) is 5.56 Å². The second kappa shape index (κ2) is 7.06. The molecule has 3 aromatic rings. The van der Waals surface area contributed by atoms with Crippen molar-refractivity contribution < 1.29 is 9.18 Å². The maximum absolute atomic E-state index is 13.1. The van der Waals surface area contributed by atoms with Gasteiger partial charge in [-0.15, -0.1) is 10.2 Å². The van der Waals surface area contributed by atoms with E-state index >= 15 is 0 Å². The highest BCUT2D eigenvalue weighted by Crippen LogP contribution is 2.21. The molecular formula is C16H16FN5O2S. The van der Waals surface area contributed by atoms with Gasteiger partial charge in [0, 0.05) is 17.4 Å². The summed E-state index contributed by atoms with van der Waals surface area (Å²) < 4.78 is 14.9. The van der Waals surface area contributed by atoms with Crippen LogP contribution in [0.15, 0.2) is 40.3 Å². The number of hydrogen-bond donors (Lipinski definition) is 2. The van der Waals surface area contributed by atoms with Gasteiger partial charge in [0.1, 0.15) is 5.82 Å². The Morgan fingerprint density at radius 3 is 2.88 bits per heavy atom. The molecule has 130 valence electrons. The van der Waals surface area contributed by atoms with Crippen molar-refractivity contribution in [2.75, 3.05) is 11.1 Å². The number of benzene rings is 1. The lowest BCUT2D eigenvalue weighted by atomic mass is 10.1. The van der Waals surface area contributed by atoms with Crippen LogP contribution in [0.4, 0.5) is 10.1 Å². The minimum Gasteiger partial charge on any atom is -0.325 e. The van der Waals surface area contributed by atoms with Crippen LogP contribution >= 0.6 is 11.8 Å². The average molecular weight is 361 g/mol. The first-order valence-electron chi connectivity index (χ1n) is 7.60. The number of hydrogen-bond acceptors (Lipinski definition) is 5. The Morgan fingerprint density at radius 2 is 2.16 bits per heavy atom. The summed E-state index contributed by atoms with van der Waals surface area (Å²) in [5, 5.41) is 11.1. The van der Waals surface area contributed by atoms with Crippen LogP contribution in [0.5, 0.6) is 0 Å². The van der Waals surface area contributed by atoms with E-state index in [1.807, 2.05) is 13.8 Å². The second-order valence-electron chi connectivity index (χ2n) is 5.70. The van der Waals surface area contributed by atoms with Gasteiger partial charge in [0.05, 0.1) is 5.75 Å². The molecule has 0 spiro atoms. The Labute approximate surface area is 146 Å². The van der Waals surface area contributed by atoms with Crippen LogP contribution in [-0.4, -0.2) is 31.2 Å². The summed E-state index contributed by atoms with van der Waals surface area (Å²) in [6, 6.07) is 7.19. The van der Waals surface area contributed by atoms with E-state index in [1.54, 1.807) is 10.5 Å². The number of halogens is 1. The molecular weight excluding hydrogens is 345 g/mol. The lowest BCUT2D eigenvalue weighted by Gasteiger charge is -2.09. The van der Waals surface area contributed by atoms with E-state index in [0.717, 1.165) is 5.69 Å². The molecule has 3 rings (SSSR count). The number of amides is 1.